The van der Waals surface area contributed by atoms with E-state index in [1.807, 2.05) is 36.4 Å². The van der Waals surface area contributed by atoms with Gasteiger partial charge in [0.25, 0.3) is 13.9 Å². The fourth-order valence-corrected chi connectivity index (χ4v) is 8.97. The lowest BCUT2D eigenvalue weighted by atomic mass is 10.2. The highest BCUT2D eigenvalue weighted by Crippen LogP contribution is 2.37. The first kappa shape index (κ1) is 23.4. The highest BCUT2D eigenvalue weighted by atomic mass is 28.4. The molecule has 4 rings (SSSR count). The van der Waals surface area contributed by atoms with E-state index in [0.29, 0.717) is 5.56 Å². The lowest BCUT2D eigenvalue weighted by molar-refractivity contribution is -0.0956. The highest BCUT2D eigenvalue weighted by Gasteiger charge is 2.50. The number of H-pyrrole nitrogens is 1. The van der Waals surface area contributed by atoms with Gasteiger partial charge in [-0.2, -0.15) is 0 Å². The van der Waals surface area contributed by atoms with Crippen molar-refractivity contribution >= 4 is 18.7 Å². The van der Waals surface area contributed by atoms with Crippen molar-refractivity contribution in [2.24, 2.45) is 0 Å². The Morgan fingerprint density at radius 1 is 1.03 bits per heavy atom. The zero-order chi connectivity index (χ0) is 23.6. The summed E-state index contributed by atoms with van der Waals surface area (Å²) in [5.41, 5.74) is -0.486. The molecule has 2 aromatic carbocycles. The Kier molecular flexibility index (Phi) is 6.53. The van der Waals surface area contributed by atoms with Gasteiger partial charge in [0.15, 0.2) is 12.5 Å². The van der Waals surface area contributed by atoms with Crippen molar-refractivity contribution in [2.45, 2.75) is 45.3 Å². The van der Waals surface area contributed by atoms with Gasteiger partial charge in [0.2, 0.25) is 0 Å². The topological polar surface area (TPSA) is 82.6 Å². The third-order valence-corrected chi connectivity index (χ3v) is 11.0. The molecular weight excluding hydrogens is 436 g/mol. The minimum atomic E-state index is -2.72. The summed E-state index contributed by atoms with van der Waals surface area (Å²) in [5, 5.41) is 2.18. The van der Waals surface area contributed by atoms with Crippen LogP contribution in [0.5, 0.6) is 0 Å². The van der Waals surface area contributed by atoms with Gasteiger partial charge in [-0.1, -0.05) is 81.4 Å². The molecule has 8 heteroatoms. The van der Waals surface area contributed by atoms with Crippen LogP contribution in [-0.4, -0.2) is 37.4 Å². The Morgan fingerprint density at radius 3 is 2.15 bits per heavy atom. The van der Waals surface area contributed by atoms with Gasteiger partial charge in [0.1, 0.15) is 0 Å². The van der Waals surface area contributed by atoms with Crippen molar-refractivity contribution in [3.8, 4) is 0 Å². The first-order valence-corrected chi connectivity index (χ1v) is 13.0. The maximum atomic E-state index is 12.3. The van der Waals surface area contributed by atoms with E-state index in [-0.39, 0.29) is 18.3 Å². The number of nitrogens with one attached hydrogen (secondary N) is 1. The molecule has 0 saturated carbocycles. The number of rotatable bonds is 6. The average Bonchev–Trinajstić information content (AvgIpc) is 3.26. The maximum Gasteiger partial charge on any atom is 0.330 e. The van der Waals surface area contributed by atoms with E-state index in [4.69, 9.17) is 13.9 Å². The van der Waals surface area contributed by atoms with Crippen LogP contribution in [0.15, 0.2) is 76.4 Å². The number of nitrogens with zero attached hydrogens (tertiary/aromatic N) is 1. The van der Waals surface area contributed by atoms with Crippen molar-refractivity contribution in [3.63, 3.8) is 0 Å². The van der Waals surface area contributed by atoms with E-state index in [9.17, 15) is 9.59 Å². The molecule has 1 fully saturated rings. The van der Waals surface area contributed by atoms with Gasteiger partial charge in [-0.3, -0.25) is 14.3 Å². The first-order chi connectivity index (χ1) is 15.7. The number of benzene rings is 2. The monoisotopic (exact) mass is 466 g/mol. The van der Waals surface area contributed by atoms with Crippen LogP contribution in [0.1, 0.15) is 32.6 Å². The molecule has 0 radical (unpaired) electrons. The van der Waals surface area contributed by atoms with Crippen LogP contribution in [-0.2, 0) is 13.9 Å². The van der Waals surface area contributed by atoms with Crippen LogP contribution in [0.25, 0.3) is 0 Å². The molecule has 3 aromatic rings. The smallest absolute Gasteiger partial charge is 0.330 e. The third-order valence-electron chi connectivity index (χ3n) is 6.04. The SMILES string of the molecule is Cc1cn(C2CO[C@@H](CO[Si](c3ccccc3)(c3ccccc3)C(C)(C)C)O2)c(=O)[nH]c1=O. The van der Waals surface area contributed by atoms with Crippen molar-refractivity contribution in [1.29, 1.82) is 0 Å². The van der Waals surface area contributed by atoms with Gasteiger partial charge < -0.3 is 13.9 Å². The number of aryl methyl sites for hydroxylation is 1. The molecule has 7 nitrogen and oxygen atoms in total. The van der Waals surface area contributed by atoms with E-state index < -0.39 is 32.1 Å². The summed E-state index contributed by atoms with van der Waals surface area (Å²) in [4.78, 5) is 26.3. The van der Waals surface area contributed by atoms with Crippen molar-refractivity contribution in [1.82, 2.24) is 9.55 Å². The lowest BCUT2D eigenvalue weighted by Gasteiger charge is -2.43. The van der Waals surface area contributed by atoms with Crippen LogP contribution >= 0.6 is 0 Å². The van der Waals surface area contributed by atoms with Crippen LogP contribution < -0.4 is 21.6 Å². The average molecular weight is 467 g/mol. The van der Waals surface area contributed by atoms with Gasteiger partial charge in [-0.15, -0.1) is 0 Å². The number of hydrogen-bond donors (Lipinski definition) is 1. The summed E-state index contributed by atoms with van der Waals surface area (Å²) in [5.74, 6) is 0. The summed E-state index contributed by atoms with van der Waals surface area (Å²) in [6.07, 6.45) is 0.247. The third kappa shape index (κ3) is 4.52. The summed E-state index contributed by atoms with van der Waals surface area (Å²) < 4.78 is 20.1. The fourth-order valence-electron chi connectivity index (χ4n) is 4.43. The lowest BCUT2D eigenvalue weighted by Crippen LogP contribution is -2.67. The van der Waals surface area contributed by atoms with Crippen molar-refractivity contribution < 1.29 is 13.9 Å². The van der Waals surface area contributed by atoms with Crippen molar-refractivity contribution in [2.75, 3.05) is 13.2 Å². The van der Waals surface area contributed by atoms with E-state index in [0.717, 1.165) is 0 Å². The summed E-state index contributed by atoms with van der Waals surface area (Å²) in [6, 6.07) is 20.7. The van der Waals surface area contributed by atoms with Crippen LogP contribution in [0.4, 0.5) is 0 Å². The van der Waals surface area contributed by atoms with E-state index in [1.165, 1.54) is 21.1 Å². The van der Waals surface area contributed by atoms with Crippen LogP contribution in [0.2, 0.25) is 5.04 Å². The molecule has 0 bridgehead atoms. The molecule has 0 aliphatic carbocycles. The van der Waals surface area contributed by atoms with Crippen LogP contribution in [0.3, 0.4) is 0 Å². The van der Waals surface area contributed by atoms with Gasteiger partial charge in [0.05, 0.1) is 13.2 Å². The zero-order valence-corrected chi connectivity index (χ0v) is 20.4. The van der Waals surface area contributed by atoms with E-state index >= 15 is 0 Å². The molecule has 2 heterocycles. The molecule has 1 unspecified atom stereocenters. The van der Waals surface area contributed by atoms with Gasteiger partial charge in [-0.05, 0) is 22.3 Å². The highest BCUT2D eigenvalue weighted by molar-refractivity contribution is 6.99. The van der Waals surface area contributed by atoms with Crippen molar-refractivity contribution in [3.05, 3.63) is 93.3 Å². The molecule has 1 aliphatic heterocycles. The molecule has 1 saturated heterocycles. The van der Waals surface area contributed by atoms with Crippen LogP contribution in [0, 0.1) is 6.92 Å². The molecule has 0 amide bonds. The molecule has 2 atom stereocenters. The largest absolute Gasteiger partial charge is 0.402 e. The molecular formula is C25H30N2O5Si. The maximum absolute atomic E-state index is 12.3. The second-order valence-corrected chi connectivity index (χ2v) is 13.6. The first-order valence-electron chi connectivity index (χ1n) is 11.1. The summed E-state index contributed by atoms with van der Waals surface area (Å²) in [6.45, 7) is 8.69. The number of hydrogen-bond acceptors (Lipinski definition) is 5. The number of ether oxygens (including phenoxy) is 2. The minimum absolute atomic E-state index is 0.166. The molecule has 1 aromatic heterocycles. The zero-order valence-electron chi connectivity index (χ0n) is 19.4. The predicted octanol–water partition coefficient (Wildman–Crippen LogP) is 2.29. The molecule has 1 aliphatic rings. The minimum Gasteiger partial charge on any atom is -0.402 e. The number of aromatic amines is 1. The van der Waals surface area contributed by atoms with Gasteiger partial charge in [-0.25, -0.2) is 4.79 Å². The fraction of sp³-hybridized carbons (Fsp3) is 0.360. The predicted molar refractivity (Wildman–Crippen MR) is 129 cm³/mol. The molecule has 174 valence electrons. The standard InChI is InChI=1S/C25H30N2O5Si/c1-18-15-27(24(29)26-23(18)28)21-16-30-22(32-21)17-31-33(25(2,3)4,19-11-7-5-8-12-19)20-13-9-6-10-14-20/h5-15,21-22H,16-17H2,1-4H3,(H,26,28,29)/t21?,22-/m1/s1. The second-order valence-electron chi connectivity index (χ2n) is 9.31. The van der Waals surface area contributed by atoms with E-state index in [2.05, 4.69) is 50.0 Å². The Balaban J connectivity index is 1.62. The van der Waals surface area contributed by atoms with Gasteiger partial charge >= 0.3 is 5.69 Å². The molecule has 0 spiro atoms. The Morgan fingerprint density at radius 2 is 1.61 bits per heavy atom. The Bertz CT molecular complexity index is 1160. The normalized spacial score (nSPS) is 19.0. The molecule has 33 heavy (non-hydrogen) atoms. The Hall–Kier alpha value is -2.78. The molecule has 1 N–H and O–H groups in total. The quantitative estimate of drug-likeness (QED) is 0.564. The Labute approximate surface area is 194 Å². The summed E-state index contributed by atoms with van der Waals surface area (Å²) in [7, 11) is -2.72. The van der Waals surface area contributed by atoms with E-state index in [1.54, 1.807) is 6.92 Å². The second kappa shape index (κ2) is 9.22. The summed E-state index contributed by atoms with van der Waals surface area (Å²) >= 11 is 0. The van der Waals surface area contributed by atoms with Gasteiger partial charge in [0, 0.05) is 11.8 Å². The number of aromatic nitrogens is 2.